The number of nitrogens with zero attached hydrogens (tertiary/aromatic N) is 1. The average molecular weight is 332 g/mol. The van der Waals surface area contributed by atoms with Crippen molar-refractivity contribution in [3.05, 3.63) is 29.3 Å². The standard InChI is InChI=1S/C20H32N2O2/c1-13(2)18-7-6-14(3)12-19(18)24-16(5)20(23)22-10-8-17(9-11-22)15(4)21/h6-7,12-13,15-17H,8-11,21H2,1-5H3. The first kappa shape index (κ1) is 18.8. The van der Waals surface area contributed by atoms with E-state index in [1.165, 1.54) is 0 Å². The van der Waals surface area contributed by atoms with Crippen LogP contribution < -0.4 is 10.5 Å². The lowest BCUT2D eigenvalue weighted by Crippen LogP contribution is -2.47. The molecule has 0 spiro atoms. The van der Waals surface area contributed by atoms with Crippen LogP contribution >= 0.6 is 0 Å². The van der Waals surface area contributed by atoms with E-state index in [9.17, 15) is 4.79 Å². The Hall–Kier alpha value is -1.55. The van der Waals surface area contributed by atoms with E-state index in [4.69, 9.17) is 10.5 Å². The Morgan fingerprint density at radius 3 is 2.38 bits per heavy atom. The summed E-state index contributed by atoms with van der Waals surface area (Å²) >= 11 is 0. The summed E-state index contributed by atoms with van der Waals surface area (Å²) in [6.45, 7) is 11.8. The number of carbonyl (C=O) groups is 1. The number of rotatable bonds is 5. The molecule has 4 nitrogen and oxygen atoms in total. The van der Waals surface area contributed by atoms with Gasteiger partial charge in [-0.3, -0.25) is 4.79 Å². The van der Waals surface area contributed by atoms with Gasteiger partial charge in [-0.05, 0) is 62.6 Å². The van der Waals surface area contributed by atoms with Crippen molar-refractivity contribution < 1.29 is 9.53 Å². The predicted molar refractivity (Wildman–Crippen MR) is 98.3 cm³/mol. The van der Waals surface area contributed by atoms with Crippen LogP contribution in [0.3, 0.4) is 0 Å². The molecule has 134 valence electrons. The predicted octanol–water partition coefficient (Wildman–Crippen LogP) is 3.47. The molecule has 2 rings (SSSR count). The van der Waals surface area contributed by atoms with Crippen LogP contribution in [-0.4, -0.2) is 36.0 Å². The van der Waals surface area contributed by atoms with Crippen molar-refractivity contribution in [2.75, 3.05) is 13.1 Å². The fourth-order valence-corrected chi connectivity index (χ4v) is 3.36. The van der Waals surface area contributed by atoms with Crippen LogP contribution in [0.25, 0.3) is 0 Å². The zero-order valence-corrected chi connectivity index (χ0v) is 15.7. The molecule has 1 aliphatic rings. The first-order valence-electron chi connectivity index (χ1n) is 9.11. The zero-order valence-electron chi connectivity index (χ0n) is 15.7. The number of aryl methyl sites for hydroxylation is 1. The molecule has 1 heterocycles. The lowest BCUT2D eigenvalue weighted by atomic mass is 9.91. The molecule has 0 saturated carbocycles. The third kappa shape index (κ3) is 4.50. The molecule has 1 amide bonds. The van der Waals surface area contributed by atoms with E-state index in [0.29, 0.717) is 11.8 Å². The summed E-state index contributed by atoms with van der Waals surface area (Å²) in [5.41, 5.74) is 8.28. The highest BCUT2D eigenvalue weighted by molar-refractivity contribution is 5.81. The molecule has 0 aliphatic carbocycles. The van der Waals surface area contributed by atoms with Crippen LogP contribution in [0.5, 0.6) is 5.75 Å². The number of hydrogen-bond donors (Lipinski definition) is 1. The largest absolute Gasteiger partial charge is 0.481 e. The van der Waals surface area contributed by atoms with Gasteiger partial charge >= 0.3 is 0 Å². The first-order chi connectivity index (χ1) is 11.3. The third-order valence-electron chi connectivity index (χ3n) is 5.04. The molecular weight excluding hydrogens is 300 g/mol. The van der Waals surface area contributed by atoms with Crippen molar-refractivity contribution >= 4 is 5.91 Å². The van der Waals surface area contributed by atoms with Gasteiger partial charge < -0.3 is 15.4 Å². The molecule has 1 aromatic carbocycles. The summed E-state index contributed by atoms with van der Waals surface area (Å²) in [7, 11) is 0. The topological polar surface area (TPSA) is 55.6 Å². The van der Waals surface area contributed by atoms with Gasteiger partial charge in [0.15, 0.2) is 6.10 Å². The van der Waals surface area contributed by atoms with Gasteiger partial charge in [-0.1, -0.05) is 26.0 Å². The normalized spacial score (nSPS) is 18.5. The molecule has 1 aromatic rings. The van der Waals surface area contributed by atoms with Gasteiger partial charge in [0.25, 0.3) is 5.91 Å². The molecule has 2 N–H and O–H groups in total. The Morgan fingerprint density at radius 2 is 1.83 bits per heavy atom. The number of carbonyl (C=O) groups excluding carboxylic acids is 1. The second-order valence-electron chi connectivity index (χ2n) is 7.48. The van der Waals surface area contributed by atoms with Crippen molar-refractivity contribution in [3.8, 4) is 5.75 Å². The van der Waals surface area contributed by atoms with Crippen LogP contribution in [-0.2, 0) is 4.79 Å². The minimum absolute atomic E-state index is 0.0781. The number of ether oxygens (including phenoxy) is 1. The summed E-state index contributed by atoms with van der Waals surface area (Å²) in [6, 6.07) is 6.42. The molecular formula is C20H32N2O2. The Balaban J connectivity index is 2.01. The SMILES string of the molecule is Cc1ccc(C(C)C)c(OC(C)C(=O)N2CCC(C(C)N)CC2)c1. The number of nitrogens with two attached hydrogens (primary N) is 1. The average Bonchev–Trinajstić information content (AvgIpc) is 2.54. The van der Waals surface area contributed by atoms with Gasteiger partial charge in [0.2, 0.25) is 0 Å². The van der Waals surface area contributed by atoms with Gasteiger partial charge in [0.1, 0.15) is 5.75 Å². The minimum atomic E-state index is -0.462. The quantitative estimate of drug-likeness (QED) is 0.898. The van der Waals surface area contributed by atoms with E-state index in [1.807, 2.05) is 24.8 Å². The van der Waals surface area contributed by atoms with Gasteiger partial charge in [-0.15, -0.1) is 0 Å². The second-order valence-corrected chi connectivity index (χ2v) is 7.48. The Morgan fingerprint density at radius 1 is 1.21 bits per heavy atom. The van der Waals surface area contributed by atoms with E-state index < -0.39 is 6.10 Å². The smallest absolute Gasteiger partial charge is 0.263 e. The van der Waals surface area contributed by atoms with Crippen LogP contribution in [0, 0.1) is 12.8 Å². The van der Waals surface area contributed by atoms with Crippen LogP contribution in [0.2, 0.25) is 0 Å². The van der Waals surface area contributed by atoms with Crippen molar-refractivity contribution in [3.63, 3.8) is 0 Å². The molecule has 0 radical (unpaired) electrons. The fraction of sp³-hybridized carbons (Fsp3) is 0.650. The minimum Gasteiger partial charge on any atom is -0.481 e. The third-order valence-corrected chi connectivity index (χ3v) is 5.04. The van der Waals surface area contributed by atoms with E-state index in [1.54, 1.807) is 0 Å². The van der Waals surface area contributed by atoms with E-state index in [-0.39, 0.29) is 11.9 Å². The lowest BCUT2D eigenvalue weighted by Gasteiger charge is -2.35. The molecule has 24 heavy (non-hydrogen) atoms. The summed E-state index contributed by atoms with van der Waals surface area (Å²) in [6.07, 6.45) is 1.51. The van der Waals surface area contributed by atoms with E-state index in [2.05, 4.69) is 32.9 Å². The number of piperidine rings is 1. The number of benzene rings is 1. The van der Waals surface area contributed by atoms with Gasteiger partial charge in [-0.25, -0.2) is 0 Å². The van der Waals surface area contributed by atoms with Crippen LogP contribution in [0.15, 0.2) is 18.2 Å². The Kier molecular flexibility index (Phi) is 6.27. The first-order valence-corrected chi connectivity index (χ1v) is 9.11. The van der Waals surface area contributed by atoms with Crippen molar-refractivity contribution in [2.24, 2.45) is 11.7 Å². The second kappa shape index (κ2) is 8.02. The maximum Gasteiger partial charge on any atom is 0.263 e. The van der Waals surface area contributed by atoms with Crippen LogP contribution in [0.1, 0.15) is 57.6 Å². The van der Waals surface area contributed by atoms with Crippen molar-refractivity contribution in [1.82, 2.24) is 4.90 Å². The van der Waals surface area contributed by atoms with Crippen molar-refractivity contribution in [2.45, 2.75) is 65.5 Å². The maximum absolute atomic E-state index is 12.7. The molecule has 0 bridgehead atoms. The van der Waals surface area contributed by atoms with E-state index >= 15 is 0 Å². The number of amides is 1. The highest BCUT2D eigenvalue weighted by atomic mass is 16.5. The molecule has 1 aliphatic heterocycles. The Bertz CT molecular complexity index is 561. The number of hydrogen-bond acceptors (Lipinski definition) is 3. The van der Waals surface area contributed by atoms with Gasteiger partial charge in [0, 0.05) is 19.1 Å². The Labute approximate surface area is 146 Å². The fourth-order valence-electron chi connectivity index (χ4n) is 3.36. The molecule has 1 saturated heterocycles. The van der Waals surface area contributed by atoms with Crippen LogP contribution in [0.4, 0.5) is 0 Å². The highest BCUT2D eigenvalue weighted by Gasteiger charge is 2.28. The number of likely N-dealkylation sites (tertiary alicyclic amines) is 1. The summed E-state index contributed by atoms with van der Waals surface area (Å²) < 4.78 is 6.06. The summed E-state index contributed by atoms with van der Waals surface area (Å²) in [4.78, 5) is 14.6. The molecule has 1 fully saturated rings. The highest BCUT2D eigenvalue weighted by Crippen LogP contribution is 2.29. The lowest BCUT2D eigenvalue weighted by molar-refractivity contribution is -0.139. The van der Waals surface area contributed by atoms with Gasteiger partial charge in [0.05, 0.1) is 0 Å². The zero-order chi connectivity index (χ0) is 17.9. The van der Waals surface area contributed by atoms with Gasteiger partial charge in [-0.2, -0.15) is 0 Å². The van der Waals surface area contributed by atoms with E-state index in [0.717, 1.165) is 42.8 Å². The molecule has 0 aromatic heterocycles. The summed E-state index contributed by atoms with van der Waals surface area (Å²) in [5.74, 6) is 1.80. The monoisotopic (exact) mass is 332 g/mol. The molecule has 4 heteroatoms. The molecule has 2 atom stereocenters. The molecule has 2 unspecified atom stereocenters. The summed E-state index contributed by atoms with van der Waals surface area (Å²) in [5, 5.41) is 0. The van der Waals surface area contributed by atoms with Crippen molar-refractivity contribution in [1.29, 1.82) is 0 Å². The maximum atomic E-state index is 12.7.